The third-order valence-electron chi connectivity index (χ3n) is 6.30. The van der Waals surface area contributed by atoms with Crippen molar-refractivity contribution in [1.82, 2.24) is 10.1 Å². The zero-order chi connectivity index (χ0) is 20.1. The number of halogens is 1. The summed E-state index contributed by atoms with van der Waals surface area (Å²) in [5, 5.41) is 4.03. The molecule has 2 saturated heterocycles. The van der Waals surface area contributed by atoms with Gasteiger partial charge in [-0.15, -0.1) is 0 Å². The van der Waals surface area contributed by atoms with E-state index in [9.17, 15) is 9.18 Å². The Morgan fingerprint density at radius 1 is 1.39 bits per heavy atom. The van der Waals surface area contributed by atoms with Crippen LogP contribution in [0, 0.1) is 18.7 Å². The molecule has 1 amide bonds. The summed E-state index contributed by atoms with van der Waals surface area (Å²) < 4.78 is 19.1. The monoisotopic (exact) mass is 385 g/mol. The number of likely N-dealkylation sites (tertiary alicyclic amines) is 1. The Balaban J connectivity index is 1.57. The maximum absolute atomic E-state index is 13.8. The summed E-state index contributed by atoms with van der Waals surface area (Å²) in [6.07, 6.45) is 2.53. The number of aromatic nitrogens is 1. The van der Waals surface area contributed by atoms with Gasteiger partial charge in [0.15, 0.2) is 0 Å². The average Bonchev–Trinajstić information content (AvgIpc) is 3.15. The first-order chi connectivity index (χ1) is 13.3. The van der Waals surface area contributed by atoms with Gasteiger partial charge in [0.25, 0.3) is 5.91 Å². The van der Waals surface area contributed by atoms with E-state index in [-0.39, 0.29) is 17.3 Å². The quantitative estimate of drug-likeness (QED) is 0.794. The molecular formula is C22H28FN3O2. The molecule has 2 aliphatic heterocycles. The van der Waals surface area contributed by atoms with Gasteiger partial charge in [0.1, 0.15) is 17.1 Å². The summed E-state index contributed by atoms with van der Waals surface area (Å²) in [6, 6.07) is 7.18. The minimum Gasteiger partial charge on any atom is -0.363 e. The molecule has 1 aromatic heterocycles. The van der Waals surface area contributed by atoms with E-state index < -0.39 is 0 Å². The van der Waals surface area contributed by atoms with Gasteiger partial charge in [-0.25, -0.2) is 4.39 Å². The van der Waals surface area contributed by atoms with Crippen molar-refractivity contribution in [2.75, 3.05) is 18.0 Å². The molecule has 2 aromatic rings. The smallest absolute Gasteiger partial charge is 0.259 e. The predicted molar refractivity (Wildman–Crippen MR) is 106 cm³/mol. The second kappa shape index (κ2) is 6.90. The number of amides is 1. The molecule has 0 bridgehead atoms. The van der Waals surface area contributed by atoms with E-state index in [1.165, 1.54) is 6.07 Å². The average molecular weight is 385 g/mol. The van der Waals surface area contributed by atoms with E-state index in [2.05, 4.69) is 23.9 Å². The van der Waals surface area contributed by atoms with E-state index in [1.54, 1.807) is 19.1 Å². The van der Waals surface area contributed by atoms with Crippen LogP contribution in [0.2, 0.25) is 0 Å². The summed E-state index contributed by atoms with van der Waals surface area (Å²) in [5.74, 6) is 0.772. The van der Waals surface area contributed by atoms with E-state index in [1.807, 2.05) is 17.9 Å². The second-order valence-electron chi connectivity index (χ2n) is 8.65. The van der Waals surface area contributed by atoms with Crippen LogP contribution in [-0.2, 0) is 6.42 Å². The van der Waals surface area contributed by atoms with E-state index in [4.69, 9.17) is 4.52 Å². The molecule has 1 aromatic carbocycles. The molecule has 3 heterocycles. The summed E-state index contributed by atoms with van der Waals surface area (Å²) in [5.41, 5.74) is 2.21. The zero-order valence-corrected chi connectivity index (χ0v) is 17.0. The van der Waals surface area contributed by atoms with Gasteiger partial charge in [-0.3, -0.25) is 4.79 Å². The molecule has 150 valence electrons. The Morgan fingerprint density at radius 2 is 2.18 bits per heavy atom. The summed E-state index contributed by atoms with van der Waals surface area (Å²) in [7, 11) is 0. The van der Waals surface area contributed by atoms with Crippen LogP contribution in [0.4, 0.5) is 10.1 Å². The topological polar surface area (TPSA) is 49.6 Å². The van der Waals surface area contributed by atoms with Gasteiger partial charge in [-0.05, 0) is 64.2 Å². The third-order valence-corrected chi connectivity index (χ3v) is 6.30. The fourth-order valence-corrected chi connectivity index (χ4v) is 5.19. The summed E-state index contributed by atoms with van der Waals surface area (Å²) >= 11 is 0. The van der Waals surface area contributed by atoms with Crippen molar-refractivity contribution in [3.05, 3.63) is 47.1 Å². The lowest BCUT2D eigenvalue weighted by atomic mass is 9.89. The van der Waals surface area contributed by atoms with E-state index in [0.29, 0.717) is 42.8 Å². The van der Waals surface area contributed by atoms with Crippen LogP contribution in [-0.4, -0.2) is 40.6 Å². The van der Waals surface area contributed by atoms with Crippen molar-refractivity contribution in [1.29, 1.82) is 0 Å². The van der Waals surface area contributed by atoms with Crippen molar-refractivity contribution in [2.45, 2.75) is 58.5 Å². The molecule has 0 N–H and O–H groups in total. The Morgan fingerprint density at radius 3 is 2.89 bits per heavy atom. The molecule has 28 heavy (non-hydrogen) atoms. The predicted octanol–water partition coefficient (Wildman–Crippen LogP) is 4.20. The van der Waals surface area contributed by atoms with Gasteiger partial charge in [0, 0.05) is 30.4 Å². The number of hydrogen-bond donors (Lipinski definition) is 0. The fourth-order valence-electron chi connectivity index (χ4n) is 5.19. The molecule has 4 rings (SSSR count). The molecule has 2 atom stereocenters. The zero-order valence-electron chi connectivity index (χ0n) is 17.0. The number of rotatable bonds is 3. The summed E-state index contributed by atoms with van der Waals surface area (Å²) in [4.78, 5) is 17.5. The van der Waals surface area contributed by atoms with Crippen LogP contribution < -0.4 is 4.90 Å². The van der Waals surface area contributed by atoms with E-state index in [0.717, 1.165) is 24.2 Å². The number of fused-ring (bicyclic) bond motifs is 1. The minimum absolute atomic E-state index is 0.0241. The number of hydrogen-bond acceptors (Lipinski definition) is 4. The van der Waals surface area contributed by atoms with Gasteiger partial charge < -0.3 is 14.3 Å². The molecule has 2 fully saturated rings. The number of anilines is 1. The van der Waals surface area contributed by atoms with Crippen molar-refractivity contribution < 1.29 is 13.7 Å². The molecule has 0 radical (unpaired) electrons. The van der Waals surface area contributed by atoms with Crippen molar-refractivity contribution in [3.63, 3.8) is 0 Å². The first kappa shape index (κ1) is 19.0. The minimum atomic E-state index is -0.209. The molecule has 0 spiro atoms. The second-order valence-corrected chi connectivity index (χ2v) is 8.65. The number of carbonyl (C=O) groups is 1. The highest BCUT2D eigenvalue weighted by atomic mass is 19.1. The molecule has 0 aliphatic carbocycles. The molecule has 0 unspecified atom stereocenters. The van der Waals surface area contributed by atoms with Crippen LogP contribution in [0.3, 0.4) is 0 Å². The molecule has 6 heteroatoms. The number of nitrogens with zero attached hydrogens (tertiary/aromatic N) is 3. The lowest BCUT2D eigenvalue weighted by molar-refractivity contribution is 0.0664. The lowest BCUT2D eigenvalue weighted by Crippen LogP contribution is -2.50. The first-order valence-corrected chi connectivity index (χ1v) is 10.1. The molecule has 0 saturated carbocycles. The van der Waals surface area contributed by atoms with Crippen LogP contribution in [0.15, 0.2) is 28.8 Å². The van der Waals surface area contributed by atoms with Crippen molar-refractivity contribution in [3.8, 4) is 0 Å². The maximum Gasteiger partial charge on any atom is 0.259 e. The first-order valence-electron chi connectivity index (χ1n) is 10.1. The number of benzene rings is 1. The fraction of sp³-hybridized carbons (Fsp3) is 0.545. The molecule has 2 aliphatic rings. The molecule has 5 nitrogen and oxygen atoms in total. The number of carbonyl (C=O) groups excluding carboxylic acids is 1. The highest BCUT2D eigenvalue weighted by Gasteiger charge is 2.49. The standard InChI is InChI=1S/C22H28FN3O2/c1-5-18-20(14(2)28-24-18)21(27)25-10-9-19-15(13-25)12-22(3,4)26(19)17-8-6-7-16(23)11-17/h6-8,11,15,19H,5,9-10,12-13H2,1-4H3/t15-,19+/m1/s1. The SMILES string of the molecule is CCc1noc(C)c1C(=O)N1CC[C@H]2[C@@H](C1)CC(C)(C)N2c1cccc(F)c1. The van der Waals surface area contributed by atoms with E-state index >= 15 is 0 Å². The normalized spacial score (nSPS) is 23.8. The largest absolute Gasteiger partial charge is 0.363 e. The van der Waals surface area contributed by atoms with Gasteiger partial charge in [0.2, 0.25) is 0 Å². The Bertz CT molecular complexity index is 892. The summed E-state index contributed by atoms with van der Waals surface area (Å²) in [6.45, 7) is 9.61. The van der Waals surface area contributed by atoms with Crippen LogP contribution in [0.25, 0.3) is 0 Å². The number of aryl methyl sites for hydroxylation is 2. The van der Waals surface area contributed by atoms with Gasteiger partial charge in [0.05, 0.1) is 5.69 Å². The van der Waals surface area contributed by atoms with Crippen LogP contribution in [0.5, 0.6) is 0 Å². The van der Waals surface area contributed by atoms with Crippen molar-refractivity contribution >= 4 is 11.6 Å². The van der Waals surface area contributed by atoms with Crippen molar-refractivity contribution in [2.24, 2.45) is 5.92 Å². The van der Waals surface area contributed by atoms with Gasteiger partial charge in [-0.2, -0.15) is 0 Å². The maximum atomic E-state index is 13.8. The Labute approximate surface area is 165 Å². The molecular weight excluding hydrogens is 357 g/mol. The highest BCUT2D eigenvalue weighted by Crippen LogP contribution is 2.45. The lowest BCUT2D eigenvalue weighted by Gasteiger charge is -2.41. The van der Waals surface area contributed by atoms with Gasteiger partial charge >= 0.3 is 0 Å². The third kappa shape index (κ3) is 3.09. The Hall–Kier alpha value is -2.37. The van der Waals surface area contributed by atoms with Gasteiger partial charge in [-0.1, -0.05) is 18.1 Å². The highest BCUT2D eigenvalue weighted by molar-refractivity contribution is 5.96. The van der Waals surface area contributed by atoms with Crippen LogP contribution in [0.1, 0.15) is 55.4 Å². The Kier molecular flexibility index (Phi) is 4.68. The van der Waals surface area contributed by atoms with Crippen LogP contribution >= 0.6 is 0 Å². The number of piperidine rings is 1.